The molecule has 0 spiro atoms. The zero-order chi connectivity index (χ0) is 14.7. The summed E-state index contributed by atoms with van der Waals surface area (Å²) in [6.45, 7) is 3.58. The third kappa shape index (κ3) is 3.14. The van der Waals surface area contributed by atoms with E-state index < -0.39 is 12.1 Å². The first-order valence-corrected chi connectivity index (χ1v) is 7.46. The number of aromatic nitrogens is 3. The highest BCUT2D eigenvalue weighted by molar-refractivity contribution is 7.71. The van der Waals surface area contributed by atoms with Gasteiger partial charge in [-0.3, -0.25) is 14.5 Å². The minimum Gasteiger partial charge on any atom is -0.392 e. The number of nitrogens with zero attached hydrogens (tertiary/aromatic N) is 2. The predicted molar refractivity (Wildman–Crippen MR) is 80.1 cm³/mol. The molecule has 0 fully saturated rings. The Morgan fingerprint density at radius 1 is 1.65 bits per heavy atom. The Bertz CT molecular complexity index is 630. The second kappa shape index (κ2) is 6.29. The number of hydrogen-bond donors (Lipinski definition) is 3. The lowest BCUT2D eigenvalue weighted by atomic mass is 10.3. The Morgan fingerprint density at radius 2 is 2.40 bits per heavy atom. The summed E-state index contributed by atoms with van der Waals surface area (Å²) in [5, 5.41) is 20.7. The Labute approximate surface area is 125 Å². The molecule has 1 amide bonds. The molecule has 0 aliphatic heterocycles. The first kappa shape index (κ1) is 14.9. The fourth-order valence-corrected chi connectivity index (χ4v) is 2.76. The normalized spacial score (nSPS) is 13.9. The lowest BCUT2D eigenvalue weighted by molar-refractivity contribution is -0.124. The zero-order valence-electron chi connectivity index (χ0n) is 11.2. The van der Waals surface area contributed by atoms with Crippen LogP contribution in [0.5, 0.6) is 0 Å². The number of amides is 1. The molecule has 6 nitrogen and oxygen atoms in total. The summed E-state index contributed by atoms with van der Waals surface area (Å²) in [5.74, 6) is 0.436. The SMILES string of the molecule is C[C@H](O)CNC(=O)[C@@H](C)n1c(-c2cccs2)n[nH]c1=S. The minimum atomic E-state index is -0.583. The lowest BCUT2D eigenvalue weighted by Crippen LogP contribution is -2.35. The summed E-state index contributed by atoms with van der Waals surface area (Å²) in [4.78, 5) is 13.0. The smallest absolute Gasteiger partial charge is 0.243 e. The van der Waals surface area contributed by atoms with Crippen molar-refractivity contribution in [3.8, 4) is 10.7 Å². The molecule has 8 heteroatoms. The molecule has 20 heavy (non-hydrogen) atoms. The molecule has 2 rings (SSSR count). The van der Waals surface area contributed by atoms with Gasteiger partial charge in [0.05, 0.1) is 11.0 Å². The van der Waals surface area contributed by atoms with Crippen molar-refractivity contribution in [1.29, 1.82) is 0 Å². The van der Waals surface area contributed by atoms with Gasteiger partial charge in [0, 0.05) is 6.54 Å². The third-order valence-corrected chi connectivity index (χ3v) is 3.94. The van der Waals surface area contributed by atoms with E-state index in [0.717, 1.165) is 4.88 Å². The van der Waals surface area contributed by atoms with Gasteiger partial charge in [0.1, 0.15) is 6.04 Å². The van der Waals surface area contributed by atoms with E-state index in [-0.39, 0.29) is 12.5 Å². The molecule has 0 unspecified atom stereocenters. The Hall–Kier alpha value is -1.51. The first-order chi connectivity index (χ1) is 9.50. The summed E-state index contributed by atoms with van der Waals surface area (Å²) in [7, 11) is 0. The molecule has 2 aromatic rings. The molecular formula is C12H16N4O2S2. The van der Waals surface area contributed by atoms with Crippen LogP contribution in [0, 0.1) is 4.77 Å². The first-order valence-electron chi connectivity index (χ1n) is 6.17. The Morgan fingerprint density at radius 3 is 3.00 bits per heavy atom. The maximum absolute atomic E-state index is 12.1. The number of rotatable bonds is 5. The highest BCUT2D eigenvalue weighted by Crippen LogP contribution is 2.25. The van der Waals surface area contributed by atoms with Gasteiger partial charge in [-0.15, -0.1) is 11.3 Å². The molecule has 0 bridgehead atoms. The van der Waals surface area contributed by atoms with E-state index in [4.69, 9.17) is 12.2 Å². The summed E-state index contributed by atoms with van der Waals surface area (Å²) in [5.41, 5.74) is 0. The van der Waals surface area contributed by atoms with Gasteiger partial charge in [-0.1, -0.05) is 6.07 Å². The van der Waals surface area contributed by atoms with Gasteiger partial charge >= 0.3 is 0 Å². The molecule has 2 heterocycles. The Balaban J connectivity index is 2.26. The van der Waals surface area contributed by atoms with Gasteiger partial charge < -0.3 is 10.4 Å². The van der Waals surface area contributed by atoms with Gasteiger partial charge in [-0.05, 0) is 37.5 Å². The van der Waals surface area contributed by atoms with Crippen molar-refractivity contribution in [3.63, 3.8) is 0 Å². The average molecular weight is 312 g/mol. The maximum Gasteiger partial charge on any atom is 0.243 e. The van der Waals surface area contributed by atoms with Gasteiger partial charge in [0.2, 0.25) is 5.91 Å². The monoisotopic (exact) mass is 312 g/mol. The van der Waals surface area contributed by atoms with Crippen LogP contribution >= 0.6 is 23.6 Å². The van der Waals surface area contributed by atoms with E-state index in [2.05, 4.69) is 15.5 Å². The van der Waals surface area contributed by atoms with E-state index in [1.54, 1.807) is 18.4 Å². The van der Waals surface area contributed by atoms with Crippen molar-refractivity contribution in [3.05, 3.63) is 22.3 Å². The summed E-state index contributed by atoms with van der Waals surface area (Å²) in [6, 6.07) is 3.34. The fourth-order valence-electron chi connectivity index (χ4n) is 1.76. The van der Waals surface area contributed by atoms with E-state index in [1.165, 1.54) is 11.3 Å². The molecule has 2 aromatic heterocycles. The number of nitrogens with one attached hydrogen (secondary N) is 2. The average Bonchev–Trinajstić information content (AvgIpc) is 3.03. The fraction of sp³-hybridized carbons (Fsp3) is 0.417. The van der Waals surface area contributed by atoms with Crippen molar-refractivity contribution >= 4 is 29.5 Å². The second-order valence-electron chi connectivity index (χ2n) is 4.47. The molecule has 2 atom stereocenters. The van der Waals surface area contributed by atoms with Crippen LogP contribution in [0.4, 0.5) is 0 Å². The molecule has 0 radical (unpaired) electrons. The van der Waals surface area contributed by atoms with Crippen molar-refractivity contribution in [2.75, 3.05) is 6.54 Å². The zero-order valence-corrected chi connectivity index (χ0v) is 12.8. The maximum atomic E-state index is 12.1. The summed E-state index contributed by atoms with van der Waals surface area (Å²) >= 11 is 6.73. The van der Waals surface area contributed by atoms with Gasteiger partial charge in [-0.2, -0.15) is 5.10 Å². The van der Waals surface area contributed by atoms with Crippen molar-refractivity contribution in [2.24, 2.45) is 0 Å². The number of hydrogen-bond acceptors (Lipinski definition) is 5. The molecular weight excluding hydrogens is 296 g/mol. The minimum absolute atomic E-state index is 0.207. The van der Waals surface area contributed by atoms with Crippen LogP contribution in [0.3, 0.4) is 0 Å². The van der Waals surface area contributed by atoms with Gasteiger partial charge in [-0.25, -0.2) is 0 Å². The van der Waals surface area contributed by atoms with Crippen molar-refractivity contribution in [2.45, 2.75) is 26.0 Å². The standard InChI is InChI=1S/C12H16N4O2S2/c1-7(17)6-13-11(18)8(2)16-10(14-15-12(16)19)9-4-3-5-20-9/h3-5,7-8,17H,6H2,1-2H3,(H,13,18)(H,15,19)/t7-,8+/m0/s1. The van der Waals surface area contributed by atoms with Crippen LogP contribution in [0.25, 0.3) is 10.7 Å². The van der Waals surface area contributed by atoms with Gasteiger partial charge in [0.25, 0.3) is 0 Å². The molecule has 0 aliphatic carbocycles. The number of carbonyl (C=O) groups is 1. The summed E-state index contributed by atoms with van der Waals surface area (Å²) < 4.78 is 2.08. The van der Waals surface area contributed by atoms with Crippen LogP contribution in [0.15, 0.2) is 17.5 Å². The van der Waals surface area contributed by atoms with Crippen LogP contribution in [-0.4, -0.2) is 38.4 Å². The third-order valence-electron chi connectivity index (χ3n) is 2.78. The topological polar surface area (TPSA) is 82.9 Å². The van der Waals surface area contributed by atoms with Crippen molar-refractivity contribution < 1.29 is 9.90 Å². The van der Waals surface area contributed by atoms with Crippen molar-refractivity contribution in [1.82, 2.24) is 20.1 Å². The Kier molecular flexibility index (Phi) is 4.69. The van der Waals surface area contributed by atoms with E-state index in [1.807, 2.05) is 17.5 Å². The molecule has 0 aliphatic rings. The largest absolute Gasteiger partial charge is 0.392 e. The predicted octanol–water partition coefficient (Wildman–Crippen LogP) is 1.73. The molecule has 0 saturated carbocycles. The lowest BCUT2D eigenvalue weighted by Gasteiger charge is -2.15. The number of H-pyrrole nitrogens is 1. The molecule has 108 valence electrons. The molecule has 0 aromatic carbocycles. The number of aliphatic hydroxyl groups is 1. The molecule has 0 saturated heterocycles. The number of thiophene rings is 1. The van der Waals surface area contributed by atoms with Crippen LogP contribution < -0.4 is 5.32 Å². The quantitative estimate of drug-likeness (QED) is 0.734. The highest BCUT2D eigenvalue weighted by atomic mass is 32.1. The van der Waals surface area contributed by atoms with E-state index in [0.29, 0.717) is 10.6 Å². The second-order valence-corrected chi connectivity index (χ2v) is 5.80. The van der Waals surface area contributed by atoms with Crippen LogP contribution in [0.2, 0.25) is 0 Å². The summed E-state index contributed by atoms with van der Waals surface area (Å²) in [6.07, 6.45) is -0.583. The number of aliphatic hydroxyl groups excluding tert-OH is 1. The van der Waals surface area contributed by atoms with Crippen LogP contribution in [-0.2, 0) is 4.79 Å². The number of aromatic amines is 1. The van der Waals surface area contributed by atoms with Crippen LogP contribution in [0.1, 0.15) is 19.9 Å². The number of carbonyl (C=O) groups excluding carboxylic acids is 1. The highest BCUT2D eigenvalue weighted by Gasteiger charge is 2.21. The van der Waals surface area contributed by atoms with E-state index in [9.17, 15) is 9.90 Å². The van der Waals surface area contributed by atoms with E-state index >= 15 is 0 Å². The van der Waals surface area contributed by atoms with Gasteiger partial charge in [0.15, 0.2) is 10.6 Å². The molecule has 3 N–H and O–H groups in total.